The molecule has 0 radical (unpaired) electrons. The van der Waals surface area contributed by atoms with Crippen molar-refractivity contribution in [3.05, 3.63) is 59.4 Å². The van der Waals surface area contributed by atoms with Gasteiger partial charge >= 0.3 is 0 Å². The first-order chi connectivity index (χ1) is 11.9. The summed E-state index contributed by atoms with van der Waals surface area (Å²) in [7, 11) is -2.95. The van der Waals surface area contributed by atoms with Gasteiger partial charge in [0, 0.05) is 25.0 Å². The molecular weight excluding hydrogens is 338 g/mol. The summed E-state index contributed by atoms with van der Waals surface area (Å²) in [5.41, 5.74) is 3.28. The van der Waals surface area contributed by atoms with Crippen LogP contribution in [0.4, 0.5) is 5.69 Å². The van der Waals surface area contributed by atoms with E-state index in [4.69, 9.17) is 0 Å². The molecule has 0 aliphatic carbocycles. The topological polar surface area (TPSA) is 88.2 Å². The number of anilines is 1. The zero-order valence-corrected chi connectivity index (χ0v) is 14.8. The maximum atomic E-state index is 12.3. The van der Waals surface area contributed by atoms with Crippen molar-refractivity contribution in [3.8, 4) is 0 Å². The van der Waals surface area contributed by atoms with Gasteiger partial charge in [0.25, 0.3) is 5.91 Å². The standard InChI is InChI=1S/C18H21N3O3S/c1-13-3-2-4-14(7-13)9-20-18(22)15-8-17(11-19-10-15)21-16-5-6-25(23,24)12-16/h2-4,7-8,10-11,16,21H,5-6,9,12H2,1H3,(H,20,22). The molecule has 2 N–H and O–H groups in total. The summed E-state index contributed by atoms with van der Waals surface area (Å²) in [5, 5.41) is 6.03. The normalized spacial score (nSPS) is 18.7. The van der Waals surface area contributed by atoms with Gasteiger partial charge < -0.3 is 10.6 Å². The highest BCUT2D eigenvalue weighted by Crippen LogP contribution is 2.17. The molecule has 1 aromatic carbocycles. The van der Waals surface area contributed by atoms with Crippen LogP contribution in [-0.2, 0) is 16.4 Å². The third-order valence-corrected chi connectivity index (χ3v) is 5.91. The summed E-state index contributed by atoms with van der Waals surface area (Å²) in [5.74, 6) is 0.114. The van der Waals surface area contributed by atoms with E-state index in [1.54, 1.807) is 12.3 Å². The Bertz CT molecular complexity index is 881. The quantitative estimate of drug-likeness (QED) is 0.851. The first kappa shape index (κ1) is 17.4. The largest absolute Gasteiger partial charge is 0.380 e. The Morgan fingerprint density at radius 3 is 2.84 bits per heavy atom. The molecule has 2 heterocycles. The van der Waals surface area contributed by atoms with E-state index in [-0.39, 0.29) is 23.5 Å². The molecule has 3 rings (SSSR count). The highest BCUT2D eigenvalue weighted by molar-refractivity contribution is 7.91. The highest BCUT2D eigenvalue weighted by atomic mass is 32.2. The minimum atomic E-state index is -2.95. The number of nitrogens with one attached hydrogen (secondary N) is 2. The first-order valence-corrected chi connectivity index (χ1v) is 9.99. The highest BCUT2D eigenvalue weighted by Gasteiger charge is 2.27. The first-order valence-electron chi connectivity index (χ1n) is 8.17. The smallest absolute Gasteiger partial charge is 0.253 e. The maximum absolute atomic E-state index is 12.3. The molecule has 0 saturated carbocycles. The Morgan fingerprint density at radius 1 is 1.28 bits per heavy atom. The Hall–Kier alpha value is -2.41. The number of aryl methyl sites for hydroxylation is 1. The number of sulfone groups is 1. The Morgan fingerprint density at radius 2 is 2.12 bits per heavy atom. The number of carbonyl (C=O) groups excluding carboxylic acids is 1. The molecule has 1 aliphatic rings. The van der Waals surface area contributed by atoms with Crippen LogP contribution in [0.5, 0.6) is 0 Å². The fourth-order valence-electron chi connectivity index (χ4n) is 2.89. The fourth-order valence-corrected chi connectivity index (χ4v) is 4.57. The van der Waals surface area contributed by atoms with Gasteiger partial charge in [0.2, 0.25) is 0 Å². The molecule has 25 heavy (non-hydrogen) atoms. The SMILES string of the molecule is Cc1cccc(CNC(=O)c2cncc(NC3CCS(=O)(=O)C3)c2)c1. The molecule has 1 aromatic heterocycles. The number of benzene rings is 1. The maximum Gasteiger partial charge on any atom is 0.253 e. The van der Waals surface area contributed by atoms with Crippen LogP contribution in [0.2, 0.25) is 0 Å². The molecule has 1 amide bonds. The van der Waals surface area contributed by atoms with E-state index in [0.29, 0.717) is 24.2 Å². The Kier molecular flexibility index (Phi) is 5.03. The molecule has 7 heteroatoms. The lowest BCUT2D eigenvalue weighted by Gasteiger charge is -2.13. The molecule has 0 spiro atoms. The van der Waals surface area contributed by atoms with E-state index in [0.717, 1.165) is 11.1 Å². The minimum Gasteiger partial charge on any atom is -0.380 e. The van der Waals surface area contributed by atoms with Crippen molar-refractivity contribution in [2.45, 2.75) is 25.9 Å². The molecule has 6 nitrogen and oxygen atoms in total. The van der Waals surface area contributed by atoms with Gasteiger partial charge in [0.05, 0.1) is 22.8 Å². The average Bonchev–Trinajstić information content (AvgIpc) is 2.91. The molecule has 1 atom stereocenters. The van der Waals surface area contributed by atoms with Gasteiger partial charge in [0.1, 0.15) is 0 Å². The Labute approximate surface area is 147 Å². The second-order valence-electron chi connectivity index (χ2n) is 6.38. The van der Waals surface area contributed by atoms with E-state index in [1.165, 1.54) is 6.20 Å². The van der Waals surface area contributed by atoms with E-state index in [1.807, 2.05) is 31.2 Å². The van der Waals surface area contributed by atoms with Crippen LogP contribution in [0.1, 0.15) is 27.9 Å². The number of aromatic nitrogens is 1. The number of nitrogens with zero attached hydrogens (tertiary/aromatic N) is 1. The van der Waals surface area contributed by atoms with Gasteiger partial charge in [-0.15, -0.1) is 0 Å². The van der Waals surface area contributed by atoms with Crippen molar-refractivity contribution in [2.75, 3.05) is 16.8 Å². The lowest BCUT2D eigenvalue weighted by atomic mass is 10.1. The predicted octanol–water partition coefficient (Wildman–Crippen LogP) is 1.92. The summed E-state index contributed by atoms with van der Waals surface area (Å²) in [6, 6.07) is 9.52. The van der Waals surface area contributed by atoms with Crippen LogP contribution >= 0.6 is 0 Å². The molecule has 1 fully saturated rings. The fraction of sp³-hybridized carbons (Fsp3) is 0.333. The van der Waals surface area contributed by atoms with Gasteiger partial charge in [-0.3, -0.25) is 9.78 Å². The van der Waals surface area contributed by atoms with Crippen molar-refractivity contribution in [1.29, 1.82) is 0 Å². The molecule has 0 bridgehead atoms. The van der Waals surface area contributed by atoms with E-state index < -0.39 is 9.84 Å². The second kappa shape index (κ2) is 7.23. The Balaban J connectivity index is 1.61. The molecule has 2 aromatic rings. The monoisotopic (exact) mass is 359 g/mol. The van der Waals surface area contributed by atoms with E-state index in [9.17, 15) is 13.2 Å². The lowest BCUT2D eigenvalue weighted by molar-refractivity contribution is 0.0950. The van der Waals surface area contributed by atoms with Crippen LogP contribution in [0.25, 0.3) is 0 Å². The van der Waals surface area contributed by atoms with Gasteiger partial charge in [-0.25, -0.2) is 8.42 Å². The van der Waals surface area contributed by atoms with Crippen LogP contribution < -0.4 is 10.6 Å². The van der Waals surface area contributed by atoms with Gasteiger partial charge in [-0.05, 0) is 25.0 Å². The van der Waals surface area contributed by atoms with Crippen LogP contribution in [-0.4, -0.2) is 36.9 Å². The summed E-state index contributed by atoms with van der Waals surface area (Å²) < 4.78 is 23.1. The number of pyridine rings is 1. The summed E-state index contributed by atoms with van der Waals surface area (Å²) >= 11 is 0. The minimum absolute atomic E-state index is 0.122. The van der Waals surface area contributed by atoms with Crippen molar-refractivity contribution in [1.82, 2.24) is 10.3 Å². The van der Waals surface area contributed by atoms with Crippen LogP contribution in [0.3, 0.4) is 0 Å². The van der Waals surface area contributed by atoms with Gasteiger partial charge in [-0.2, -0.15) is 0 Å². The zero-order valence-electron chi connectivity index (χ0n) is 14.0. The summed E-state index contributed by atoms with van der Waals surface area (Å²) in [6.07, 6.45) is 3.68. The van der Waals surface area contributed by atoms with E-state index >= 15 is 0 Å². The van der Waals surface area contributed by atoms with Gasteiger partial charge in [0.15, 0.2) is 9.84 Å². The average molecular weight is 359 g/mol. The number of amides is 1. The third kappa shape index (κ3) is 4.79. The van der Waals surface area contributed by atoms with Crippen LogP contribution in [0, 0.1) is 6.92 Å². The number of hydrogen-bond donors (Lipinski definition) is 2. The number of carbonyl (C=O) groups is 1. The second-order valence-corrected chi connectivity index (χ2v) is 8.61. The van der Waals surface area contributed by atoms with E-state index in [2.05, 4.69) is 15.6 Å². The number of rotatable bonds is 5. The molecule has 132 valence electrons. The van der Waals surface area contributed by atoms with Crippen molar-refractivity contribution in [2.24, 2.45) is 0 Å². The molecule has 1 unspecified atom stereocenters. The zero-order chi connectivity index (χ0) is 17.9. The van der Waals surface area contributed by atoms with Crippen molar-refractivity contribution in [3.63, 3.8) is 0 Å². The van der Waals surface area contributed by atoms with Crippen molar-refractivity contribution < 1.29 is 13.2 Å². The molecule has 1 aliphatic heterocycles. The van der Waals surface area contributed by atoms with Gasteiger partial charge in [-0.1, -0.05) is 29.8 Å². The van der Waals surface area contributed by atoms with Crippen LogP contribution in [0.15, 0.2) is 42.7 Å². The summed E-state index contributed by atoms with van der Waals surface area (Å²) in [6.45, 7) is 2.45. The number of hydrogen-bond acceptors (Lipinski definition) is 5. The molecular formula is C18H21N3O3S. The third-order valence-electron chi connectivity index (χ3n) is 4.14. The van der Waals surface area contributed by atoms with Crippen molar-refractivity contribution >= 4 is 21.4 Å². The predicted molar refractivity (Wildman–Crippen MR) is 97.3 cm³/mol. The molecule has 1 saturated heterocycles. The lowest BCUT2D eigenvalue weighted by Crippen LogP contribution is -2.24. The summed E-state index contributed by atoms with van der Waals surface area (Å²) in [4.78, 5) is 16.4.